The highest BCUT2D eigenvalue weighted by Crippen LogP contribution is 2.59. The van der Waals surface area contributed by atoms with E-state index < -0.39 is 0 Å². The van der Waals surface area contributed by atoms with Crippen LogP contribution in [0.15, 0.2) is 27.9 Å². The van der Waals surface area contributed by atoms with Crippen molar-refractivity contribution in [2.45, 2.75) is 58.4 Å². The normalized spacial score (nSPS) is 46.1. The molecule has 4 rings (SSSR count). The smallest absolute Gasteiger partial charge is 0.193 e. The Labute approximate surface area is 121 Å². The molecule has 4 aliphatic rings. The van der Waals surface area contributed by atoms with Gasteiger partial charge in [0.25, 0.3) is 0 Å². The zero-order valence-electron chi connectivity index (χ0n) is 12.8. The molecule has 108 valence electrons. The molecule has 0 saturated heterocycles. The first-order valence-electron chi connectivity index (χ1n) is 7.97. The number of allylic oxidation sites excluding steroid dienone is 2. The molecule has 4 unspecified atom stereocenters. The molecule has 0 aromatic rings. The highest BCUT2D eigenvalue weighted by atomic mass is 15.2. The van der Waals surface area contributed by atoms with Crippen molar-refractivity contribution < 1.29 is 0 Å². The van der Waals surface area contributed by atoms with Crippen molar-refractivity contribution in [2.24, 2.45) is 28.0 Å². The summed E-state index contributed by atoms with van der Waals surface area (Å²) in [5.41, 5.74) is 10.8. The molecule has 1 fully saturated rings. The Hall–Kier alpha value is -1.25. The molecule has 1 spiro atoms. The standard InChI is InChI=1S/C17H25N3/c1-10-4-12-8-16(3)6-11(2)7-17(9-16)14(12)13(5-10)19-15(18)20-17/h8,10-11H,4-7,9H2,1-3H3,(H3,18,19,20). The molecule has 1 saturated carbocycles. The van der Waals surface area contributed by atoms with E-state index in [2.05, 4.69) is 32.2 Å². The minimum absolute atomic E-state index is 0.0265. The quantitative estimate of drug-likeness (QED) is 0.711. The van der Waals surface area contributed by atoms with Gasteiger partial charge in [0.2, 0.25) is 0 Å². The molecule has 1 aliphatic heterocycles. The molecule has 3 nitrogen and oxygen atoms in total. The highest BCUT2D eigenvalue weighted by molar-refractivity contribution is 5.83. The Morgan fingerprint density at radius 3 is 2.85 bits per heavy atom. The minimum Gasteiger partial charge on any atom is -0.370 e. The van der Waals surface area contributed by atoms with Crippen molar-refractivity contribution >= 4 is 5.96 Å². The largest absolute Gasteiger partial charge is 0.370 e. The number of hydrogen-bond donors (Lipinski definition) is 2. The third kappa shape index (κ3) is 1.61. The Balaban J connectivity index is 1.95. The molecule has 3 aliphatic carbocycles. The van der Waals surface area contributed by atoms with Gasteiger partial charge >= 0.3 is 0 Å². The lowest BCUT2D eigenvalue weighted by Gasteiger charge is -2.54. The van der Waals surface area contributed by atoms with Gasteiger partial charge in [-0.2, -0.15) is 0 Å². The van der Waals surface area contributed by atoms with E-state index in [0.717, 1.165) is 19.3 Å². The molecular formula is C17H25N3. The van der Waals surface area contributed by atoms with E-state index in [9.17, 15) is 0 Å². The summed E-state index contributed by atoms with van der Waals surface area (Å²) in [6.45, 7) is 7.13. The van der Waals surface area contributed by atoms with E-state index in [-0.39, 0.29) is 5.54 Å². The summed E-state index contributed by atoms with van der Waals surface area (Å²) in [5.74, 6) is 2.06. The molecule has 0 aromatic heterocycles. The number of nitrogens with two attached hydrogens (primary N) is 1. The molecule has 3 N–H and O–H groups in total. The fourth-order valence-electron chi connectivity index (χ4n) is 5.55. The van der Waals surface area contributed by atoms with Crippen molar-refractivity contribution in [3.8, 4) is 0 Å². The fourth-order valence-corrected chi connectivity index (χ4v) is 5.55. The second-order valence-electron chi connectivity index (χ2n) is 8.03. The van der Waals surface area contributed by atoms with Gasteiger partial charge in [-0.15, -0.1) is 0 Å². The van der Waals surface area contributed by atoms with Gasteiger partial charge in [0.15, 0.2) is 5.96 Å². The van der Waals surface area contributed by atoms with Crippen LogP contribution in [0, 0.1) is 17.3 Å². The van der Waals surface area contributed by atoms with E-state index >= 15 is 0 Å². The monoisotopic (exact) mass is 271 g/mol. The molecule has 4 atom stereocenters. The number of aliphatic imine (C=N–C) groups is 1. The average Bonchev–Trinajstić information content (AvgIpc) is 2.22. The third-order valence-electron chi connectivity index (χ3n) is 5.54. The van der Waals surface area contributed by atoms with Gasteiger partial charge in [-0.05, 0) is 54.9 Å². The summed E-state index contributed by atoms with van der Waals surface area (Å²) < 4.78 is 0. The Morgan fingerprint density at radius 1 is 1.25 bits per heavy atom. The van der Waals surface area contributed by atoms with E-state index in [4.69, 9.17) is 10.7 Å². The van der Waals surface area contributed by atoms with E-state index in [1.807, 2.05) is 0 Å². The second kappa shape index (κ2) is 3.69. The minimum atomic E-state index is -0.0265. The number of guanidine groups is 1. The fraction of sp³-hybridized carbons (Fsp3) is 0.706. The maximum Gasteiger partial charge on any atom is 0.193 e. The Morgan fingerprint density at radius 2 is 2.05 bits per heavy atom. The van der Waals surface area contributed by atoms with Crippen LogP contribution in [0.4, 0.5) is 0 Å². The molecule has 2 bridgehead atoms. The molecule has 20 heavy (non-hydrogen) atoms. The maximum atomic E-state index is 6.13. The van der Waals surface area contributed by atoms with Gasteiger partial charge in [0.1, 0.15) is 0 Å². The number of hydrogen-bond acceptors (Lipinski definition) is 3. The van der Waals surface area contributed by atoms with Crippen LogP contribution in [0.2, 0.25) is 0 Å². The summed E-state index contributed by atoms with van der Waals surface area (Å²) in [7, 11) is 0. The summed E-state index contributed by atoms with van der Waals surface area (Å²) in [6.07, 6.45) is 8.50. The SMILES string of the molecule is CC1CC2=CC3(C)CC(C)CC4(C3)N=C(N)NC(=C24)C1. The molecule has 3 heteroatoms. The van der Waals surface area contributed by atoms with Gasteiger partial charge in [-0.25, -0.2) is 4.99 Å². The number of nitrogens with zero attached hydrogens (tertiary/aromatic N) is 1. The zero-order chi connectivity index (χ0) is 14.1. The maximum absolute atomic E-state index is 6.13. The van der Waals surface area contributed by atoms with E-state index in [1.165, 1.54) is 24.1 Å². The first-order chi connectivity index (χ1) is 9.39. The van der Waals surface area contributed by atoms with Crippen LogP contribution in [0.3, 0.4) is 0 Å². The van der Waals surface area contributed by atoms with Crippen LogP contribution in [0.25, 0.3) is 0 Å². The second-order valence-corrected chi connectivity index (χ2v) is 8.03. The first-order valence-corrected chi connectivity index (χ1v) is 7.97. The predicted octanol–water partition coefficient (Wildman–Crippen LogP) is 3.09. The lowest BCUT2D eigenvalue weighted by Crippen LogP contribution is -2.53. The number of nitrogens with one attached hydrogen (secondary N) is 1. The molecule has 0 aromatic carbocycles. The number of fused-ring (bicyclic) bond motifs is 1. The van der Waals surface area contributed by atoms with Crippen LogP contribution < -0.4 is 11.1 Å². The Kier molecular flexibility index (Phi) is 2.30. The topological polar surface area (TPSA) is 50.4 Å². The average molecular weight is 271 g/mol. The van der Waals surface area contributed by atoms with Crippen molar-refractivity contribution in [1.82, 2.24) is 5.32 Å². The van der Waals surface area contributed by atoms with Crippen LogP contribution in [-0.4, -0.2) is 11.5 Å². The lowest BCUT2D eigenvalue weighted by atomic mass is 9.54. The highest BCUT2D eigenvalue weighted by Gasteiger charge is 2.53. The van der Waals surface area contributed by atoms with Gasteiger partial charge in [0, 0.05) is 11.3 Å². The van der Waals surface area contributed by atoms with Gasteiger partial charge in [-0.3, -0.25) is 0 Å². The third-order valence-corrected chi connectivity index (χ3v) is 5.54. The van der Waals surface area contributed by atoms with Gasteiger partial charge < -0.3 is 11.1 Å². The zero-order valence-corrected chi connectivity index (χ0v) is 12.8. The summed E-state index contributed by atoms with van der Waals surface area (Å²) in [5, 5.41) is 3.37. The summed E-state index contributed by atoms with van der Waals surface area (Å²) >= 11 is 0. The van der Waals surface area contributed by atoms with Crippen LogP contribution in [0.1, 0.15) is 52.9 Å². The van der Waals surface area contributed by atoms with E-state index in [1.54, 1.807) is 5.57 Å². The molecule has 0 amide bonds. The van der Waals surface area contributed by atoms with E-state index in [0.29, 0.717) is 23.2 Å². The van der Waals surface area contributed by atoms with Crippen LogP contribution >= 0.6 is 0 Å². The molecular weight excluding hydrogens is 246 g/mol. The lowest BCUT2D eigenvalue weighted by molar-refractivity contribution is 0.139. The predicted molar refractivity (Wildman–Crippen MR) is 82.1 cm³/mol. The summed E-state index contributed by atoms with van der Waals surface area (Å²) in [6, 6.07) is 0. The Bertz CT molecular complexity index is 571. The molecule has 1 heterocycles. The van der Waals surface area contributed by atoms with Crippen LogP contribution in [-0.2, 0) is 0 Å². The van der Waals surface area contributed by atoms with Crippen molar-refractivity contribution in [1.29, 1.82) is 0 Å². The van der Waals surface area contributed by atoms with Crippen LogP contribution in [0.5, 0.6) is 0 Å². The summed E-state index contributed by atoms with van der Waals surface area (Å²) in [4.78, 5) is 4.94. The molecule has 0 radical (unpaired) electrons. The van der Waals surface area contributed by atoms with Gasteiger partial charge in [0.05, 0.1) is 5.54 Å². The van der Waals surface area contributed by atoms with Crippen molar-refractivity contribution in [2.75, 3.05) is 0 Å². The first kappa shape index (κ1) is 12.5. The van der Waals surface area contributed by atoms with Crippen molar-refractivity contribution in [3.05, 3.63) is 22.9 Å². The van der Waals surface area contributed by atoms with Gasteiger partial charge in [-0.1, -0.05) is 26.8 Å². The van der Waals surface area contributed by atoms with Crippen molar-refractivity contribution in [3.63, 3.8) is 0 Å². The number of rotatable bonds is 0.